The number of carboxylic acids is 1. The molecule has 0 aromatic carbocycles. The summed E-state index contributed by atoms with van der Waals surface area (Å²) in [5.41, 5.74) is 0. The van der Waals surface area contributed by atoms with E-state index in [0.717, 1.165) is 32.1 Å². The summed E-state index contributed by atoms with van der Waals surface area (Å²) in [6.07, 6.45) is 23.6. The first-order chi connectivity index (χ1) is 11.2. The van der Waals surface area contributed by atoms with E-state index in [9.17, 15) is 9.90 Å². The minimum atomic E-state index is -0.729. The Morgan fingerprint density at radius 2 is 1.62 bits per heavy atom. The second-order valence-corrected chi connectivity index (χ2v) is 5.58. The van der Waals surface area contributed by atoms with Crippen LogP contribution in [0.4, 0.5) is 0 Å². The number of hydrogen-bond donors (Lipinski definition) is 2. The molecule has 0 aromatic heterocycles. The van der Waals surface area contributed by atoms with Crippen LogP contribution in [0.15, 0.2) is 48.6 Å². The molecule has 0 fully saturated rings. The second-order valence-electron chi connectivity index (χ2n) is 5.58. The van der Waals surface area contributed by atoms with Gasteiger partial charge in [0.25, 0.3) is 0 Å². The van der Waals surface area contributed by atoms with Gasteiger partial charge in [0.1, 0.15) is 0 Å². The van der Waals surface area contributed by atoms with Gasteiger partial charge in [0.2, 0.25) is 0 Å². The molecule has 131 valence electrons. The summed E-state index contributed by atoms with van der Waals surface area (Å²) in [5, 5.41) is 18.2. The number of unbranched alkanes of at least 4 members (excludes halogenated alkanes) is 3. The predicted molar refractivity (Wildman–Crippen MR) is 103 cm³/mol. The van der Waals surface area contributed by atoms with Crippen molar-refractivity contribution < 1.29 is 15.0 Å². The largest absolute Gasteiger partial charge is 0.481 e. The Balaban J connectivity index is 0. The minimum Gasteiger partial charge on any atom is -0.481 e. The molecule has 0 aliphatic carbocycles. The van der Waals surface area contributed by atoms with Crippen LogP contribution in [0.5, 0.6) is 0 Å². The molecular formula is C20H32NaO3. The zero-order chi connectivity index (χ0) is 17.2. The molecule has 0 saturated carbocycles. The van der Waals surface area contributed by atoms with Crippen molar-refractivity contribution in [3.05, 3.63) is 48.6 Å². The average molecular weight is 343 g/mol. The summed E-state index contributed by atoms with van der Waals surface area (Å²) in [4.78, 5) is 10.3. The van der Waals surface area contributed by atoms with Gasteiger partial charge in [-0.3, -0.25) is 4.79 Å². The Hall–Kier alpha value is -0.610. The first kappa shape index (κ1) is 25.6. The summed E-state index contributed by atoms with van der Waals surface area (Å²) < 4.78 is 0. The van der Waals surface area contributed by atoms with E-state index in [-0.39, 0.29) is 42.1 Å². The van der Waals surface area contributed by atoms with Crippen LogP contribution in [0.3, 0.4) is 0 Å². The summed E-state index contributed by atoms with van der Waals surface area (Å²) in [7, 11) is 0. The molecule has 1 atom stereocenters. The van der Waals surface area contributed by atoms with Gasteiger partial charge >= 0.3 is 5.97 Å². The minimum absolute atomic E-state index is 0. The Morgan fingerprint density at radius 1 is 0.958 bits per heavy atom. The van der Waals surface area contributed by atoms with E-state index in [1.54, 1.807) is 0 Å². The summed E-state index contributed by atoms with van der Waals surface area (Å²) in [6, 6.07) is 0. The average Bonchev–Trinajstić information content (AvgIpc) is 2.51. The van der Waals surface area contributed by atoms with Gasteiger partial charge in [0.15, 0.2) is 0 Å². The van der Waals surface area contributed by atoms with Gasteiger partial charge in [0, 0.05) is 36.0 Å². The first-order valence-electron chi connectivity index (χ1n) is 8.70. The quantitative estimate of drug-likeness (QED) is 0.206. The molecule has 3 nitrogen and oxygen atoms in total. The topological polar surface area (TPSA) is 57.5 Å². The van der Waals surface area contributed by atoms with Crippen LogP contribution in [0.25, 0.3) is 0 Å². The Bertz CT molecular complexity index is 398. The molecule has 1 unspecified atom stereocenters. The SMILES string of the molecule is CCCCCC(O)C=CC=CCC=CCC=CCCCC(=O)O.[Na]. The monoisotopic (exact) mass is 343 g/mol. The van der Waals surface area contributed by atoms with Crippen LogP contribution in [0.1, 0.15) is 64.7 Å². The van der Waals surface area contributed by atoms with Gasteiger partial charge in [-0.25, -0.2) is 0 Å². The predicted octanol–water partition coefficient (Wildman–Crippen LogP) is 4.81. The molecule has 0 rings (SSSR count). The van der Waals surface area contributed by atoms with Crippen molar-refractivity contribution in [2.45, 2.75) is 70.8 Å². The summed E-state index contributed by atoms with van der Waals surface area (Å²) >= 11 is 0. The molecule has 0 heterocycles. The number of aliphatic hydroxyl groups excluding tert-OH is 1. The van der Waals surface area contributed by atoms with Gasteiger partial charge in [0.05, 0.1) is 6.10 Å². The molecule has 24 heavy (non-hydrogen) atoms. The van der Waals surface area contributed by atoms with Crippen LogP contribution in [-0.2, 0) is 4.79 Å². The molecule has 1 radical (unpaired) electrons. The maximum atomic E-state index is 10.3. The van der Waals surface area contributed by atoms with Crippen molar-refractivity contribution in [2.24, 2.45) is 0 Å². The van der Waals surface area contributed by atoms with Crippen LogP contribution in [0, 0.1) is 0 Å². The number of hydrogen-bond acceptors (Lipinski definition) is 2. The molecule has 0 saturated heterocycles. The van der Waals surface area contributed by atoms with Crippen molar-refractivity contribution in [1.82, 2.24) is 0 Å². The molecule has 0 bridgehead atoms. The number of allylic oxidation sites excluding steroid dienone is 7. The maximum Gasteiger partial charge on any atom is 0.303 e. The summed E-state index contributed by atoms with van der Waals surface area (Å²) in [6.45, 7) is 2.16. The fraction of sp³-hybridized carbons (Fsp3) is 0.550. The van der Waals surface area contributed by atoms with Crippen molar-refractivity contribution in [3.8, 4) is 0 Å². The van der Waals surface area contributed by atoms with E-state index in [4.69, 9.17) is 5.11 Å². The molecule has 0 aliphatic heterocycles. The molecule has 2 N–H and O–H groups in total. The molecule has 4 heteroatoms. The number of rotatable bonds is 14. The smallest absolute Gasteiger partial charge is 0.303 e. The fourth-order valence-electron chi connectivity index (χ4n) is 1.98. The standard InChI is InChI=1S/C20H32O3.Na/c1-2-3-13-16-19(21)17-14-11-9-7-5-4-6-8-10-12-15-18-20(22)23;/h4-5,8-11,14,17,19,21H,2-3,6-7,12-13,15-16,18H2,1H3,(H,22,23);. The van der Waals surface area contributed by atoms with E-state index in [0.29, 0.717) is 6.42 Å². The second kappa shape index (κ2) is 20.4. The Morgan fingerprint density at radius 3 is 2.29 bits per heavy atom. The molecular weight excluding hydrogens is 311 g/mol. The molecule has 0 spiro atoms. The number of aliphatic carboxylic acids is 1. The molecule has 0 aliphatic rings. The Labute approximate surface area is 169 Å². The zero-order valence-electron chi connectivity index (χ0n) is 15.4. The summed E-state index contributed by atoms with van der Waals surface area (Å²) in [5.74, 6) is -0.729. The Kier molecular flexibility index (Phi) is 21.8. The van der Waals surface area contributed by atoms with Crippen LogP contribution < -0.4 is 0 Å². The third-order valence-corrected chi connectivity index (χ3v) is 3.32. The van der Waals surface area contributed by atoms with Crippen molar-refractivity contribution in [3.63, 3.8) is 0 Å². The zero-order valence-corrected chi connectivity index (χ0v) is 17.4. The normalized spacial score (nSPS) is 13.2. The van der Waals surface area contributed by atoms with Crippen molar-refractivity contribution in [1.29, 1.82) is 0 Å². The third kappa shape index (κ3) is 21.4. The fourth-order valence-corrected chi connectivity index (χ4v) is 1.98. The molecule has 0 aromatic rings. The van der Waals surface area contributed by atoms with Crippen molar-refractivity contribution in [2.75, 3.05) is 0 Å². The van der Waals surface area contributed by atoms with E-state index in [2.05, 4.69) is 31.2 Å². The first-order valence-corrected chi connectivity index (χ1v) is 8.70. The van der Waals surface area contributed by atoms with Gasteiger partial charge < -0.3 is 10.2 Å². The van der Waals surface area contributed by atoms with Gasteiger partial charge in [-0.2, -0.15) is 0 Å². The third-order valence-electron chi connectivity index (χ3n) is 3.32. The number of aliphatic hydroxyl groups is 1. The van der Waals surface area contributed by atoms with Gasteiger partial charge in [-0.15, -0.1) is 0 Å². The number of carbonyl (C=O) groups is 1. The van der Waals surface area contributed by atoms with Gasteiger partial charge in [-0.05, 0) is 32.1 Å². The van der Waals surface area contributed by atoms with E-state index in [1.165, 1.54) is 12.8 Å². The molecule has 0 amide bonds. The van der Waals surface area contributed by atoms with Gasteiger partial charge in [-0.1, -0.05) is 74.8 Å². The van der Waals surface area contributed by atoms with Crippen LogP contribution in [0.2, 0.25) is 0 Å². The van der Waals surface area contributed by atoms with E-state index >= 15 is 0 Å². The van der Waals surface area contributed by atoms with E-state index < -0.39 is 5.97 Å². The van der Waals surface area contributed by atoms with Crippen LogP contribution >= 0.6 is 0 Å². The van der Waals surface area contributed by atoms with Crippen LogP contribution in [-0.4, -0.2) is 51.8 Å². The number of carboxylic acid groups (broad SMARTS) is 1. The van der Waals surface area contributed by atoms with Crippen molar-refractivity contribution >= 4 is 35.5 Å². The van der Waals surface area contributed by atoms with E-state index in [1.807, 2.05) is 24.3 Å². The maximum absolute atomic E-state index is 10.3.